The molecular weight excluding hydrogens is 182 g/mol. The minimum absolute atomic E-state index is 0.481. The van der Waals surface area contributed by atoms with E-state index < -0.39 is 17.3 Å². The molecule has 1 rings (SSSR count). The topological polar surface area (TPSA) is 69.9 Å². The van der Waals surface area contributed by atoms with Crippen molar-refractivity contribution >= 4 is 11.7 Å². The van der Waals surface area contributed by atoms with Crippen LogP contribution in [0.15, 0.2) is 17.3 Å². The van der Waals surface area contributed by atoms with Crippen LogP contribution < -0.4 is 0 Å². The summed E-state index contributed by atoms with van der Waals surface area (Å²) in [6, 6.07) is 0. The number of carboxylic acid groups (broad SMARTS) is 1. The molecule has 2 N–H and O–H groups in total. The summed E-state index contributed by atoms with van der Waals surface area (Å²) >= 11 is 0. The Hall–Kier alpha value is -1.32. The van der Waals surface area contributed by atoms with Crippen LogP contribution in [0, 0.1) is 11.3 Å². The van der Waals surface area contributed by atoms with Gasteiger partial charge in [-0.2, -0.15) is 0 Å². The second-order valence-electron chi connectivity index (χ2n) is 3.90. The second kappa shape index (κ2) is 3.82. The van der Waals surface area contributed by atoms with Crippen LogP contribution in [0.2, 0.25) is 0 Å². The molecule has 0 amide bonds. The number of rotatable bonds is 2. The first-order valence-corrected chi connectivity index (χ1v) is 4.59. The predicted octanol–water partition coefficient (Wildman–Crippen LogP) is 1.89. The molecule has 0 radical (unpaired) electrons. The van der Waals surface area contributed by atoms with E-state index in [1.165, 1.54) is 0 Å². The number of hydrogen-bond donors (Lipinski definition) is 2. The fourth-order valence-electron chi connectivity index (χ4n) is 1.85. The highest BCUT2D eigenvalue weighted by molar-refractivity contribution is 5.92. The quantitative estimate of drug-likeness (QED) is 0.307. The molecule has 4 heteroatoms. The van der Waals surface area contributed by atoms with E-state index in [9.17, 15) is 4.79 Å². The van der Waals surface area contributed by atoms with Crippen molar-refractivity contribution in [3.8, 4) is 0 Å². The van der Waals surface area contributed by atoms with Gasteiger partial charge in [-0.15, -0.1) is 0 Å². The summed E-state index contributed by atoms with van der Waals surface area (Å²) in [5, 5.41) is 20.9. The smallest absolute Gasteiger partial charge is 0.307 e. The average molecular weight is 197 g/mol. The first-order valence-electron chi connectivity index (χ1n) is 4.59. The Balaban J connectivity index is 3.04. The third-order valence-electron chi connectivity index (χ3n) is 3.12. The van der Waals surface area contributed by atoms with Gasteiger partial charge in [0.25, 0.3) is 0 Å². The molecule has 14 heavy (non-hydrogen) atoms. The molecule has 0 saturated heterocycles. The fraction of sp³-hybridized carbons (Fsp3) is 0.600. The zero-order valence-electron chi connectivity index (χ0n) is 8.40. The zero-order valence-corrected chi connectivity index (χ0v) is 8.40. The van der Waals surface area contributed by atoms with Crippen molar-refractivity contribution in [1.82, 2.24) is 0 Å². The van der Waals surface area contributed by atoms with E-state index in [-0.39, 0.29) is 0 Å². The lowest BCUT2D eigenvalue weighted by molar-refractivity contribution is -0.144. The summed E-state index contributed by atoms with van der Waals surface area (Å²) in [4.78, 5) is 11.0. The maximum absolute atomic E-state index is 11.0. The van der Waals surface area contributed by atoms with Crippen molar-refractivity contribution in [1.29, 1.82) is 0 Å². The number of carboxylic acids is 1. The number of oxime groups is 1. The van der Waals surface area contributed by atoms with Crippen LogP contribution in [-0.4, -0.2) is 22.0 Å². The maximum Gasteiger partial charge on any atom is 0.307 e. The van der Waals surface area contributed by atoms with Gasteiger partial charge in [0.05, 0.1) is 11.6 Å². The summed E-state index contributed by atoms with van der Waals surface area (Å²) in [7, 11) is 0. The molecule has 0 aromatic carbocycles. The maximum atomic E-state index is 11.0. The van der Waals surface area contributed by atoms with Crippen LogP contribution in [0.5, 0.6) is 0 Å². The number of aliphatic carboxylic acids is 1. The van der Waals surface area contributed by atoms with Crippen molar-refractivity contribution in [2.24, 2.45) is 16.5 Å². The first-order chi connectivity index (χ1) is 6.52. The lowest BCUT2D eigenvalue weighted by atomic mass is 9.67. The summed E-state index contributed by atoms with van der Waals surface area (Å²) in [5.41, 5.74) is -0.0794. The van der Waals surface area contributed by atoms with Crippen LogP contribution in [0.1, 0.15) is 26.7 Å². The van der Waals surface area contributed by atoms with E-state index >= 15 is 0 Å². The van der Waals surface area contributed by atoms with E-state index in [1.807, 2.05) is 19.1 Å². The van der Waals surface area contributed by atoms with Crippen LogP contribution in [0.25, 0.3) is 0 Å². The van der Waals surface area contributed by atoms with Gasteiger partial charge in [-0.1, -0.05) is 24.2 Å². The minimum Gasteiger partial charge on any atom is -0.481 e. The van der Waals surface area contributed by atoms with Gasteiger partial charge >= 0.3 is 5.97 Å². The molecule has 2 atom stereocenters. The van der Waals surface area contributed by atoms with Gasteiger partial charge in [0.1, 0.15) is 0 Å². The molecule has 1 aliphatic carbocycles. The highest BCUT2D eigenvalue weighted by Crippen LogP contribution is 2.39. The molecule has 0 spiro atoms. The van der Waals surface area contributed by atoms with Gasteiger partial charge in [0.15, 0.2) is 0 Å². The van der Waals surface area contributed by atoms with Gasteiger partial charge in [0.2, 0.25) is 0 Å². The molecule has 0 heterocycles. The summed E-state index contributed by atoms with van der Waals surface area (Å²) < 4.78 is 0. The van der Waals surface area contributed by atoms with Crippen molar-refractivity contribution in [3.63, 3.8) is 0 Å². The molecule has 0 bridgehead atoms. The third-order valence-corrected chi connectivity index (χ3v) is 3.12. The highest BCUT2D eigenvalue weighted by Gasteiger charge is 2.42. The molecule has 1 aliphatic rings. The monoisotopic (exact) mass is 197 g/mol. The molecular formula is C10H15NO3. The van der Waals surface area contributed by atoms with E-state index in [0.717, 1.165) is 0 Å². The Kier molecular flexibility index (Phi) is 2.93. The minimum atomic E-state index is -0.833. The largest absolute Gasteiger partial charge is 0.481 e. The van der Waals surface area contributed by atoms with Crippen LogP contribution in [-0.2, 0) is 4.79 Å². The average Bonchev–Trinajstić information content (AvgIpc) is 2.16. The SMILES string of the molecule is CC(=NO)C1(C)CC=CCC1C(=O)O. The molecule has 0 aromatic rings. The predicted molar refractivity (Wildman–Crippen MR) is 52.5 cm³/mol. The molecule has 2 unspecified atom stereocenters. The van der Waals surface area contributed by atoms with E-state index in [0.29, 0.717) is 18.6 Å². The van der Waals surface area contributed by atoms with E-state index in [1.54, 1.807) is 6.92 Å². The van der Waals surface area contributed by atoms with Crippen LogP contribution in [0.3, 0.4) is 0 Å². The molecule has 0 aromatic heterocycles. The Bertz CT molecular complexity index is 296. The zero-order chi connectivity index (χ0) is 10.8. The Morgan fingerprint density at radius 3 is 2.71 bits per heavy atom. The van der Waals surface area contributed by atoms with Crippen molar-refractivity contribution in [2.75, 3.05) is 0 Å². The van der Waals surface area contributed by atoms with Gasteiger partial charge in [-0.25, -0.2) is 0 Å². The molecule has 0 saturated carbocycles. The van der Waals surface area contributed by atoms with Crippen molar-refractivity contribution < 1.29 is 15.1 Å². The first kappa shape index (κ1) is 10.8. The molecule has 4 nitrogen and oxygen atoms in total. The number of nitrogens with zero attached hydrogens (tertiary/aromatic N) is 1. The standard InChI is InChI=1S/C10H15NO3/c1-7(11-14)10(2)6-4-3-5-8(10)9(12)13/h3-4,8,14H,5-6H2,1-2H3,(H,12,13). The Labute approximate surface area is 82.9 Å². The van der Waals surface area contributed by atoms with Gasteiger partial charge in [-0.05, 0) is 19.8 Å². The highest BCUT2D eigenvalue weighted by atomic mass is 16.4. The normalized spacial score (nSPS) is 33.0. The number of carbonyl (C=O) groups is 1. The second-order valence-corrected chi connectivity index (χ2v) is 3.90. The Morgan fingerprint density at radius 2 is 2.21 bits per heavy atom. The number of allylic oxidation sites excluding steroid dienone is 2. The summed E-state index contributed by atoms with van der Waals surface area (Å²) in [5.74, 6) is -1.33. The lowest BCUT2D eigenvalue weighted by Crippen LogP contribution is -2.40. The summed E-state index contributed by atoms with van der Waals surface area (Å²) in [6.07, 6.45) is 4.91. The third kappa shape index (κ3) is 1.64. The van der Waals surface area contributed by atoms with Crippen LogP contribution in [0.4, 0.5) is 0 Å². The lowest BCUT2D eigenvalue weighted by Gasteiger charge is -2.35. The van der Waals surface area contributed by atoms with E-state index in [4.69, 9.17) is 10.3 Å². The van der Waals surface area contributed by atoms with Gasteiger partial charge in [-0.3, -0.25) is 4.79 Å². The van der Waals surface area contributed by atoms with Crippen molar-refractivity contribution in [2.45, 2.75) is 26.7 Å². The van der Waals surface area contributed by atoms with Crippen LogP contribution >= 0.6 is 0 Å². The van der Waals surface area contributed by atoms with Crippen molar-refractivity contribution in [3.05, 3.63) is 12.2 Å². The summed E-state index contributed by atoms with van der Waals surface area (Å²) in [6.45, 7) is 3.49. The molecule has 0 aliphatic heterocycles. The van der Waals surface area contributed by atoms with Gasteiger partial charge < -0.3 is 10.3 Å². The Morgan fingerprint density at radius 1 is 1.57 bits per heavy atom. The van der Waals surface area contributed by atoms with E-state index in [2.05, 4.69) is 5.16 Å². The molecule has 0 fully saturated rings. The van der Waals surface area contributed by atoms with Gasteiger partial charge in [0, 0.05) is 5.41 Å². The fourth-order valence-corrected chi connectivity index (χ4v) is 1.85. The molecule has 78 valence electrons. The number of hydrogen-bond acceptors (Lipinski definition) is 3.